The third kappa shape index (κ3) is 2.87. The molecule has 0 radical (unpaired) electrons. The number of hydrogen-bond acceptors (Lipinski definition) is 3. The van der Waals surface area contributed by atoms with E-state index in [9.17, 15) is 9.59 Å². The van der Waals surface area contributed by atoms with Gasteiger partial charge in [0, 0.05) is 25.7 Å². The summed E-state index contributed by atoms with van der Waals surface area (Å²) in [5, 5.41) is 3.05. The van der Waals surface area contributed by atoms with E-state index in [0.29, 0.717) is 25.5 Å². The van der Waals surface area contributed by atoms with Crippen LogP contribution in [0.3, 0.4) is 0 Å². The van der Waals surface area contributed by atoms with Crippen molar-refractivity contribution in [3.05, 3.63) is 39.1 Å². The van der Waals surface area contributed by atoms with Gasteiger partial charge in [0.1, 0.15) is 5.82 Å². The Kier molecular flexibility index (Phi) is 4.31. The molecule has 0 amide bonds. The minimum absolute atomic E-state index is 0.272. The zero-order valence-corrected chi connectivity index (χ0v) is 10.6. The monoisotopic (exact) mass is 237 g/mol. The van der Waals surface area contributed by atoms with Gasteiger partial charge in [0.05, 0.1) is 0 Å². The van der Waals surface area contributed by atoms with Gasteiger partial charge < -0.3 is 5.32 Å². The molecule has 5 nitrogen and oxygen atoms in total. The second-order valence-corrected chi connectivity index (χ2v) is 3.95. The van der Waals surface area contributed by atoms with Crippen LogP contribution in [0.1, 0.15) is 20.8 Å². The van der Waals surface area contributed by atoms with E-state index in [2.05, 4.69) is 11.9 Å². The SMILES string of the molecule is C=C(C)CNc1cc(=O)n(CC)c(=O)n1CC. The van der Waals surface area contributed by atoms with E-state index >= 15 is 0 Å². The highest BCUT2D eigenvalue weighted by atomic mass is 16.2. The fourth-order valence-electron chi connectivity index (χ4n) is 1.60. The molecule has 0 saturated carbocycles. The van der Waals surface area contributed by atoms with E-state index in [1.165, 1.54) is 10.6 Å². The predicted molar refractivity (Wildman–Crippen MR) is 69.6 cm³/mol. The number of nitrogens with zero attached hydrogens (tertiary/aromatic N) is 2. The van der Waals surface area contributed by atoms with E-state index in [-0.39, 0.29) is 11.2 Å². The maximum Gasteiger partial charge on any atom is 0.332 e. The molecule has 1 aromatic heterocycles. The lowest BCUT2D eigenvalue weighted by Crippen LogP contribution is -2.40. The fourth-order valence-corrected chi connectivity index (χ4v) is 1.60. The van der Waals surface area contributed by atoms with E-state index in [4.69, 9.17) is 0 Å². The van der Waals surface area contributed by atoms with Crippen molar-refractivity contribution in [3.8, 4) is 0 Å². The lowest BCUT2D eigenvalue weighted by molar-refractivity contribution is 0.592. The molecule has 0 spiro atoms. The topological polar surface area (TPSA) is 56.0 Å². The molecule has 94 valence electrons. The molecule has 1 heterocycles. The summed E-state index contributed by atoms with van der Waals surface area (Å²) in [4.78, 5) is 23.7. The lowest BCUT2D eigenvalue weighted by atomic mass is 10.3. The highest BCUT2D eigenvalue weighted by molar-refractivity contribution is 5.35. The Morgan fingerprint density at radius 2 is 1.88 bits per heavy atom. The summed E-state index contributed by atoms with van der Waals surface area (Å²) in [7, 11) is 0. The van der Waals surface area contributed by atoms with Crippen molar-refractivity contribution < 1.29 is 0 Å². The standard InChI is InChI=1S/C12H19N3O2/c1-5-14-10(13-8-9(3)4)7-11(16)15(6-2)12(14)17/h7,13H,3,5-6,8H2,1-2,4H3. The summed E-state index contributed by atoms with van der Waals surface area (Å²) in [5.41, 5.74) is 0.401. The molecule has 0 aliphatic heterocycles. The molecule has 1 aromatic rings. The van der Waals surface area contributed by atoms with Gasteiger partial charge in [-0.3, -0.25) is 13.9 Å². The van der Waals surface area contributed by atoms with Gasteiger partial charge in [0.25, 0.3) is 5.56 Å². The number of hydrogen-bond donors (Lipinski definition) is 1. The highest BCUT2D eigenvalue weighted by Gasteiger charge is 2.08. The third-order valence-corrected chi connectivity index (χ3v) is 2.48. The van der Waals surface area contributed by atoms with Crippen molar-refractivity contribution in [2.24, 2.45) is 0 Å². The molecule has 0 aromatic carbocycles. The van der Waals surface area contributed by atoms with Gasteiger partial charge in [-0.25, -0.2) is 4.79 Å². The molecule has 0 unspecified atom stereocenters. The Morgan fingerprint density at radius 3 is 2.35 bits per heavy atom. The number of rotatable bonds is 5. The van der Waals surface area contributed by atoms with Crippen molar-refractivity contribution in [1.29, 1.82) is 0 Å². The fraction of sp³-hybridized carbons (Fsp3) is 0.500. The second-order valence-electron chi connectivity index (χ2n) is 3.95. The zero-order valence-electron chi connectivity index (χ0n) is 10.6. The summed E-state index contributed by atoms with van der Waals surface area (Å²) in [5.74, 6) is 0.551. The maximum absolute atomic E-state index is 12.0. The average Bonchev–Trinajstić information content (AvgIpc) is 2.26. The van der Waals surface area contributed by atoms with Crippen LogP contribution in [0, 0.1) is 0 Å². The van der Waals surface area contributed by atoms with Gasteiger partial charge in [-0.2, -0.15) is 0 Å². The van der Waals surface area contributed by atoms with Gasteiger partial charge in [0.15, 0.2) is 0 Å². The maximum atomic E-state index is 12.0. The van der Waals surface area contributed by atoms with Crippen molar-refractivity contribution >= 4 is 5.82 Å². The third-order valence-electron chi connectivity index (χ3n) is 2.48. The molecular formula is C12H19N3O2. The molecule has 0 aliphatic carbocycles. The van der Waals surface area contributed by atoms with Crippen molar-refractivity contribution in [3.63, 3.8) is 0 Å². The number of anilines is 1. The molecule has 0 saturated heterocycles. The van der Waals surface area contributed by atoms with Crippen molar-refractivity contribution in [2.75, 3.05) is 11.9 Å². The molecule has 1 rings (SSSR count). The van der Waals surface area contributed by atoms with Gasteiger partial charge in [-0.05, 0) is 20.8 Å². The van der Waals surface area contributed by atoms with Gasteiger partial charge >= 0.3 is 5.69 Å². The largest absolute Gasteiger partial charge is 0.367 e. The first-order valence-electron chi connectivity index (χ1n) is 5.74. The van der Waals surface area contributed by atoms with Gasteiger partial charge in [0.2, 0.25) is 0 Å². The van der Waals surface area contributed by atoms with Crippen LogP contribution < -0.4 is 16.6 Å². The minimum atomic E-state index is -0.272. The summed E-state index contributed by atoms with van der Waals surface area (Å²) < 4.78 is 2.77. The highest BCUT2D eigenvalue weighted by Crippen LogP contribution is 2.02. The van der Waals surface area contributed by atoms with Crippen LogP contribution in [0.15, 0.2) is 27.8 Å². The molecule has 0 fully saturated rings. The molecule has 17 heavy (non-hydrogen) atoms. The molecular weight excluding hydrogens is 218 g/mol. The van der Waals surface area contributed by atoms with E-state index in [1.54, 1.807) is 11.5 Å². The summed E-state index contributed by atoms with van der Waals surface area (Å²) in [6.07, 6.45) is 0. The molecule has 0 aliphatic rings. The van der Waals surface area contributed by atoms with Crippen LogP contribution in [-0.2, 0) is 13.1 Å². The summed E-state index contributed by atoms with van der Waals surface area (Å²) in [6.45, 7) is 10.8. The van der Waals surface area contributed by atoms with E-state index in [0.717, 1.165) is 5.57 Å². The number of nitrogens with one attached hydrogen (secondary N) is 1. The number of aromatic nitrogens is 2. The minimum Gasteiger partial charge on any atom is -0.367 e. The lowest BCUT2D eigenvalue weighted by Gasteiger charge is -2.14. The Labute approximate surface area is 100 Å². The first-order valence-corrected chi connectivity index (χ1v) is 5.74. The zero-order chi connectivity index (χ0) is 13.0. The van der Waals surface area contributed by atoms with E-state index in [1.807, 2.05) is 13.8 Å². The second kappa shape index (κ2) is 5.52. The summed E-state index contributed by atoms with van der Waals surface area (Å²) >= 11 is 0. The average molecular weight is 237 g/mol. The Bertz CT molecular complexity index is 526. The smallest absolute Gasteiger partial charge is 0.332 e. The van der Waals surface area contributed by atoms with Crippen LogP contribution in [0.5, 0.6) is 0 Å². The molecule has 0 atom stereocenters. The van der Waals surface area contributed by atoms with Crippen LogP contribution in [0.4, 0.5) is 5.82 Å². The van der Waals surface area contributed by atoms with Crippen molar-refractivity contribution in [2.45, 2.75) is 33.9 Å². The Morgan fingerprint density at radius 1 is 1.29 bits per heavy atom. The Hall–Kier alpha value is -1.78. The predicted octanol–water partition coefficient (Wildman–Crippen LogP) is 1.04. The molecule has 0 bridgehead atoms. The molecule has 5 heteroatoms. The van der Waals surface area contributed by atoms with Crippen LogP contribution in [0.25, 0.3) is 0 Å². The first-order chi connectivity index (χ1) is 8.01. The summed E-state index contributed by atoms with van der Waals surface area (Å²) in [6, 6.07) is 1.46. The van der Waals surface area contributed by atoms with Crippen LogP contribution in [-0.4, -0.2) is 15.7 Å². The van der Waals surface area contributed by atoms with Crippen LogP contribution >= 0.6 is 0 Å². The quantitative estimate of drug-likeness (QED) is 0.778. The first kappa shape index (κ1) is 13.3. The normalized spacial score (nSPS) is 10.3. The van der Waals surface area contributed by atoms with Gasteiger partial charge in [-0.1, -0.05) is 12.2 Å². The van der Waals surface area contributed by atoms with E-state index < -0.39 is 0 Å². The Balaban J connectivity index is 3.27. The van der Waals surface area contributed by atoms with Gasteiger partial charge in [-0.15, -0.1) is 0 Å². The van der Waals surface area contributed by atoms with Crippen LogP contribution in [0.2, 0.25) is 0 Å². The molecule has 1 N–H and O–H groups in total. The van der Waals surface area contributed by atoms with Crippen molar-refractivity contribution in [1.82, 2.24) is 9.13 Å².